The van der Waals surface area contributed by atoms with Gasteiger partial charge in [-0.25, -0.2) is 0 Å². The standard InChI is InChI=1S/C7H8.3CH2O.Mo/c1-7-5-3-2-4-6-7;3*1-2;/h2-6H,1H3;3*1H2;. The minimum Gasteiger partial charge on any atom is -0.307 e. The second-order valence-corrected chi connectivity index (χ2v) is 1.65. The topological polar surface area (TPSA) is 51.2 Å². The SMILES string of the molecule is C=O.C=O.C=O.Cc1ccccc1.[Mo]. The molecule has 0 amide bonds. The molecule has 1 rings (SSSR count). The average molecular weight is 278 g/mol. The van der Waals surface area contributed by atoms with Crippen molar-refractivity contribution in [2.45, 2.75) is 6.92 Å². The average Bonchev–Trinajstić information content (AvgIpc) is 2.28. The third-order valence-corrected chi connectivity index (χ3v) is 0.940. The summed E-state index contributed by atoms with van der Waals surface area (Å²) in [5.74, 6) is 0. The summed E-state index contributed by atoms with van der Waals surface area (Å²) in [7, 11) is 0. The molecule has 0 bridgehead atoms. The minimum absolute atomic E-state index is 0. The zero-order valence-electron chi connectivity index (χ0n) is 8.14. The maximum Gasteiger partial charge on any atom is 0.106 e. The van der Waals surface area contributed by atoms with Crippen molar-refractivity contribution in [2.75, 3.05) is 0 Å². The molecular formula is C10H14MoO3. The molecule has 0 aliphatic carbocycles. The van der Waals surface area contributed by atoms with Crippen molar-refractivity contribution < 1.29 is 35.4 Å². The summed E-state index contributed by atoms with van der Waals surface area (Å²) in [4.78, 5) is 24.0. The first kappa shape index (κ1) is 23.1. The van der Waals surface area contributed by atoms with Crippen LogP contribution < -0.4 is 0 Å². The van der Waals surface area contributed by atoms with Crippen LogP contribution in [0.2, 0.25) is 0 Å². The van der Waals surface area contributed by atoms with Gasteiger partial charge in [-0.2, -0.15) is 0 Å². The molecule has 14 heavy (non-hydrogen) atoms. The first-order valence-corrected chi connectivity index (χ1v) is 3.28. The van der Waals surface area contributed by atoms with E-state index in [0.29, 0.717) is 0 Å². The number of hydrogen-bond acceptors (Lipinski definition) is 3. The van der Waals surface area contributed by atoms with Gasteiger partial charge in [0.2, 0.25) is 0 Å². The minimum atomic E-state index is 0. The van der Waals surface area contributed by atoms with Gasteiger partial charge in [-0.15, -0.1) is 0 Å². The van der Waals surface area contributed by atoms with Gasteiger partial charge in [0.25, 0.3) is 0 Å². The Balaban J connectivity index is -0.0000000625. The molecule has 3 nitrogen and oxygen atoms in total. The normalized spacial score (nSPS) is 5.21. The van der Waals surface area contributed by atoms with Crippen molar-refractivity contribution in [1.29, 1.82) is 0 Å². The van der Waals surface area contributed by atoms with Crippen LogP contribution in [0.3, 0.4) is 0 Å². The molecule has 0 fully saturated rings. The van der Waals surface area contributed by atoms with Gasteiger partial charge in [0, 0.05) is 21.1 Å². The third kappa shape index (κ3) is 22.4. The molecule has 0 heterocycles. The van der Waals surface area contributed by atoms with Crippen LogP contribution in [0.5, 0.6) is 0 Å². The van der Waals surface area contributed by atoms with Crippen molar-refractivity contribution in [1.82, 2.24) is 0 Å². The van der Waals surface area contributed by atoms with E-state index in [9.17, 15) is 0 Å². The van der Waals surface area contributed by atoms with Crippen molar-refractivity contribution in [3.05, 3.63) is 35.9 Å². The summed E-state index contributed by atoms with van der Waals surface area (Å²) in [6.07, 6.45) is 0. The first-order chi connectivity index (χ1) is 6.39. The van der Waals surface area contributed by atoms with Gasteiger partial charge in [-0.05, 0) is 6.92 Å². The molecule has 0 atom stereocenters. The van der Waals surface area contributed by atoms with E-state index in [0.717, 1.165) is 0 Å². The Morgan fingerprint density at radius 2 is 1.07 bits per heavy atom. The van der Waals surface area contributed by atoms with Crippen molar-refractivity contribution in [3.8, 4) is 0 Å². The molecular weight excluding hydrogens is 264 g/mol. The zero-order chi connectivity index (χ0) is 11.1. The van der Waals surface area contributed by atoms with Crippen molar-refractivity contribution >= 4 is 20.4 Å². The van der Waals surface area contributed by atoms with Gasteiger partial charge < -0.3 is 14.4 Å². The van der Waals surface area contributed by atoms with Gasteiger partial charge >= 0.3 is 0 Å². The smallest absolute Gasteiger partial charge is 0.106 e. The van der Waals surface area contributed by atoms with Crippen LogP contribution >= 0.6 is 0 Å². The molecule has 0 aliphatic heterocycles. The Hall–Kier alpha value is -1.08. The van der Waals surface area contributed by atoms with E-state index in [1.54, 1.807) is 0 Å². The summed E-state index contributed by atoms with van der Waals surface area (Å²) >= 11 is 0. The van der Waals surface area contributed by atoms with Crippen LogP contribution in [-0.2, 0) is 35.4 Å². The second kappa shape index (κ2) is 29.7. The Bertz CT molecular complexity index is 175. The molecule has 78 valence electrons. The van der Waals surface area contributed by atoms with E-state index >= 15 is 0 Å². The summed E-state index contributed by atoms with van der Waals surface area (Å²) < 4.78 is 0. The van der Waals surface area contributed by atoms with E-state index in [1.807, 2.05) is 38.6 Å². The molecule has 0 aromatic heterocycles. The first-order valence-electron chi connectivity index (χ1n) is 3.28. The Kier molecular flexibility index (Phi) is 48.9. The van der Waals surface area contributed by atoms with Crippen LogP contribution in [0.25, 0.3) is 0 Å². The van der Waals surface area contributed by atoms with Gasteiger partial charge in [-0.1, -0.05) is 35.9 Å². The Morgan fingerprint density at radius 1 is 0.786 bits per heavy atom. The monoisotopic (exact) mass is 280 g/mol. The molecule has 0 saturated heterocycles. The van der Waals surface area contributed by atoms with Gasteiger partial charge in [-0.3, -0.25) is 0 Å². The van der Waals surface area contributed by atoms with Crippen LogP contribution in [0.15, 0.2) is 30.3 Å². The second-order valence-electron chi connectivity index (χ2n) is 1.65. The molecule has 4 heteroatoms. The molecule has 1 aromatic carbocycles. The molecule has 0 saturated carbocycles. The fourth-order valence-corrected chi connectivity index (χ4v) is 0.534. The molecule has 0 unspecified atom stereocenters. The van der Waals surface area contributed by atoms with E-state index in [1.165, 1.54) is 5.56 Å². The number of benzene rings is 1. The predicted octanol–water partition coefficient (Wildman–Crippen LogP) is 1.44. The van der Waals surface area contributed by atoms with Gasteiger partial charge in [0.15, 0.2) is 0 Å². The van der Waals surface area contributed by atoms with Gasteiger partial charge in [0.1, 0.15) is 20.4 Å². The van der Waals surface area contributed by atoms with Crippen LogP contribution in [-0.4, -0.2) is 20.4 Å². The van der Waals surface area contributed by atoms with Crippen LogP contribution in [0, 0.1) is 6.92 Å². The van der Waals surface area contributed by atoms with Crippen molar-refractivity contribution in [3.63, 3.8) is 0 Å². The fraction of sp³-hybridized carbons (Fsp3) is 0.100. The van der Waals surface area contributed by atoms with E-state index < -0.39 is 0 Å². The Morgan fingerprint density at radius 3 is 1.21 bits per heavy atom. The molecule has 0 N–H and O–H groups in total. The van der Waals surface area contributed by atoms with Crippen molar-refractivity contribution in [2.24, 2.45) is 0 Å². The van der Waals surface area contributed by atoms with E-state index in [4.69, 9.17) is 14.4 Å². The van der Waals surface area contributed by atoms with Crippen LogP contribution in [0.4, 0.5) is 0 Å². The largest absolute Gasteiger partial charge is 0.307 e. The van der Waals surface area contributed by atoms with Gasteiger partial charge in [0.05, 0.1) is 0 Å². The molecule has 1 aromatic rings. The molecule has 0 aliphatic rings. The summed E-state index contributed by atoms with van der Waals surface area (Å²) in [6.45, 7) is 8.08. The maximum absolute atomic E-state index is 8.00. The zero-order valence-corrected chi connectivity index (χ0v) is 10.1. The quantitative estimate of drug-likeness (QED) is 0.675. The summed E-state index contributed by atoms with van der Waals surface area (Å²) in [5.41, 5.74) is 1.32. The van der Waals surface area contributed by atoms with Crippen LogP contribution in [0.1, 0.15) is 5.56 Å². The fourth-order valence-electron chi connectivity index (χ4n) is 0.534. The number of carbonyl (C=O) groups excluding carboxylic acids is 3. The summed E-state index contributed by atoms with van der Waals surface area (Å²) in [6, 6.07) is 10.3. The number of aryl methyl sites for hydroxylation is 1. The molecule has 0 spiro atoms. The van der Waals surface area contributed by atoms with E-state index in [-0.39, 0.29) is 21.1 Å². The predicted molar refractivity (Wildman–Crippen MR) is 52.5 cm³/mol. The molecule has 0 radical (unpaired) electrons. The number of carbonyl (C=O) groups is 3. The summed E-state index contributed by atoms with van der Waals surface area (Å²) in [5, 5.41) is 0. The Labute approximate surface area is 98.8 Å². The third-order valence-electron chi connectivity index (χ3n) is 0.940. The van der Waals surface area contributed by atoms with E-state index in [2.05, 4.69) is 19.1 Å². The number of rotatable bonds is 0. The maximum atomic E-state index is 8.00. The number of hydrogen-bond donors (Lipinski definition) is 0.